The Morgan fingerprint density at radius 3 is 2.62 bits per heavy atom. The third-order valence-electron chi connectivity index (χ3n) is 1.49. The molecule has 0 aliphatic heterocycles. The van der Waals surface area contributed by atoms with Crippen LogP contribution in [-0.4, -0.2) is 4.98 Å². The Morgan fingerprint density at radius 1 is 1.54 bits per heavy atom. The van der Waals surface area contributed by atoms with Crippen LogP contribution in [0.3, 0.4) is 0 Å². The summed E-state index contributed by atoms with van der Waals surface area (Å²) in [4.78, 5) is 13.7. The zero-order valence-corrected chi connectivity index (χ0v) is 9.45. The quantitative estimate of drug-likeness (QED) is 0.836. The van der Waals surface area contributed by atoms with Gasteiger partial charge in [0.25, 0.3) is 6.43 Å². The van der Waals surface area contributed by atoms with Gasteiger partial charge in [-0.15, -0.1) is 0 Å². The third kappa shape index (κ3) is 2.17. The van der Waals surface area contributed by atoms with Crippen molar-refractivity contribution < 1.29 is 8.78 Å². The molecule has 1 heterocycles. The van der Waals surface area contributed by atoms with E-state index in [1.807, 2.05) is 0 Å². The lowest BCUT2D eigenvalue weighted by Crippen LogP contribution is -2.12. The molecule has 0 saturated carbocycles. The summed E-state index contributed by atoms with van der Waals surface area (Å²) in [7, 11) is 0. The molecule has 1 N–H and O–H groups in total. The molecule has 13 heavy (non-hydrogen) atoms. The van der Waals surface area contributed by atoms with Crippen LogP contribution in [-0.2, 0) is 5.33 Å². The van der Waals surface area contributed by atoms with Gasteiger partial charge >= 0.3 is 0 Å². The highest BCUT2D eigenvalue weighted by molar-refractivity contribution is 9.10. The first-order valence-corrected chi connectivity index (χ1v) is 5.23. The van der Waals surface area contributed by atoms with Crippen LogP contribution < -0.4 is 5.43 Å². The maximum Gasteiger partial charge on any atom is 0.279 e. The zero-order valence-electron chi connectivity index (χ0n) is 6.28. The predicted octanol–water partition coefficient (Wildman–Crippen LogP) is 2.97. The van der Waals surface area contributed by atoms with Gasteiger partial charge in [0.1, 0.15) is 5.69 Å². The first-order valence-electron chi connectivity index (χ1n) is 3.32. The van der Waals surface area contributed by atoms with Crippen LogP contribution in [0.4, 0.5) is 8.78 Å². The molecule has 0 aromatic carbocycles. The fourth-order valence-electron chi connectivity index (χ4n) is 0.815. The number of nitrogens with one attached hydrogen (secondary N) is 1. The van der Waals surface area contributed by atoms with E-state index in [1.165, 1.54) is 6.20 Å². The normalized spacial score (nSPS) is 10.8. The maximum atomic E-state index is 12.2. The second-order valence-corrected chi connectivity index (χ2v) is 3.66. The molecule has 1 aromatic rings. The molecular formula is C7H5Br2F2NO. The summed E-state index contributed by atoms with van der Waals surface area (Å²) in [6, 6.07) is 0. The summed E-state index contributed by atoms with van der Waals surface area (Å²) in [6.45, 7) is 0. The summed E-state index contributed by atoms with van der Waals surface area (Å²) >= 11 is 5.90. The van der Waals surface area contributed by atoms with E-state index in [2.05, 4.69) is 36.8 Å². The van der Waals surface area contributed by atoms with Gasteiger partial charge in [-0.1, -0.05) is 15.9 Å². The molecule has 0 spiro atoms. The minimum Gasteiger partial charge on any atom is -0.359 e. The Hall–Kier alpha value is -0.230. The molecule has 1 rings (SSSR count). The lowest BCUT2D eigenvalue weighted by molar-refractivity contribution is 0.145. The van der Waals surface area contributed by atoms with Crippen molar-refractivity contribution in [3.05, 3.63) is 32.2 Å². The molecule has 0 saturated heterocycles. The van der Waals surface area contributed by atoms with Crippen molar-refractivity contribution in [2.45, 2.75) is 11.8 Å². The minimum atomic E-state index is -2.67. The SMILES string of the molecule is O=c1c(CBr)c[nH]c(C(F)F)c1Br. The van der Waals surface area contributed by atoms with Crippen LogP contribution in [0.2, 0.25) is 0 Å². The Labute approximate surface area is 89.6 Å². The minimum absolute atomic E-state index is 0.0977. The molecule has 0 aliphatic rings. The van der Waals surface area contributed by atoms with Crippen molar-refractivity contribution >= 4 is 31.9 Å². The van der Waals surface area contributed by atoms with Crippen LogP contribution in [0.1, 0.15) is 17.7 Å². The van der Waals surface area contributed by atoms with E-state index in [4.69, 9.17) is 0 Å². The van der Waals surface area contributed by atoms with Gasteiger partial charge in [-0.2, -0.15) is 0 Å². The topological polar surface area (TPSA) is 32.9 Å². The van der Waals surface area contributed by atoms with Crippen LogP contribution >= 0.6 is 31.9 Å². The number of pyridine rings is 1. The van der Waals surface area contributed by atoms with E-state index >= 15 is 0 Å². The van der Waals surface area contributed by atoms with Crippen LogP contribution in [0.15, 0.2) is 15.5 Å². The van der Waals surface area contributed by atoms with E-state index < -0.39 is 11.9 Å². The van der Waals surface area contributed by atoms with Gasteiger partial charge in [-0.05, 0) is 15.9 Å². The summed E-state index contributed by atoms with van der Waals surface area (Å²) < 4.78 is 24.4. The number of hydrogen-bond acceptors (Lipinski definition) is 1. The number of alkyl halides is 3. The molecule has 0 atom stereocenters. The van der Waals surface area contributed by atoms with E-state index in [0.29, 0.717) is 10.9 Å². The van der Waals surface area contributed by atoms with Gasteiger partial charge in [-0.3, -0.25) is 4.79 Å². The van der Waals surface area contributed by atoms with Crippen molar-refractivity contribution in [1.82, 2.24) is 4.98 Å². The largest absolute Gasteiger partial charge is 0.359 e. The fraction of sp³-hybridized carbons (Fsp3) is 0.286. The molecule has 1 aromatic heterocycles. The Bertz CT molecular complexity index is 364. The van der Waals surface area contributed by atoms with Crippen molar-refractivity contribution in [3.63, 3.8) is 0 Å². The van der Waals surface area contributed by atoms with Crippen LogP contribution in [0, 0.1) is 0 Å². The second-order valence-electron chi connectivity index (χ2n) is 2.31. The first kappa shape index (κ1) is 10.8. The van der Waals surface area contributed by atoms with Gasteiger partial charge in [0, 0.05) is 17.1 Å². The molecular weight excluding hydrogens is 312 g/mol. The lowest BCUT2D eigenvalue weighted by atomic mass is 10.2. The summed E-state index contributed by atoms with van der Waals surface area (Å²) in [6.07, 6.45) is -1.39. The zero-order chi connectivity index (χ0) is 10.0. The molecule has 0 radical (unpaired) electrons. The standard InChI is InChI=1S/C7H5Br2F2NO/c8-1-3-2-12-5(7(10)11)4(9)6(3)13/h2,7H,1H2,(H,12,13). The van der Waals surface area contributed by atoms with E-state index in [-0.39, 0.29) is 10.2 Å². The van der Waals surface area contributed by atoms with E-state index in [1.54, 1.807) is 0 Å². The second kappa shape index (κ2) is 4.32. The van der Waals surface area contributed by atoms with Crippen molar-refractivity contribution in [3.8, 4) is 0 Å². The molecule has 0 fully saturated rings. The van der Waals surface area contributed by atoms with Crippen molar-refractivity contribution in [2.75, 3.05) is 0 Å². The third-order valence-corrected chi connectivity index (χ3v) is 2.88. The van der Waals surface area contributed by atoms with Gasteiger partial charge in [0.2, 0.25) is 0 Å². The number of halogens is 4. The summed E-state index contributed by atoms with van der Waals surface area (Å²) in [5.74, 6) is 0. The van der Waals surface area contributed by atoms with Crippen LogP contribution in [0.25, 0.3) is 0 Å². The van der Waals surface area contributed by atoms with Crippen LogP contribution in [0.5, 0.6) is 0 Å². The highest BCUT2D eigenvalue weighted by atomic mass is 79.9. The van der Waals surface area contributed by atoms with Gasteiger partial charge in [0.15, 0.2) is 5.43 Å². The molecule has 72 valence electrons. The molecule has 0 amide bonds. The Balaban J connectivity index is 3.32. The predicted molar refractivity (Wildman–Crippen MR) is 52.4 cm³/mol. The van der Waals surface area contributed by atoms with Gasteiger partial charge < -0.3 is 4.98 Å². The molecule has 0 aliphatic carbocycles. The number of H-pyrrole nitrogens is 1. The summed E-state index contributed by atoms with van der Waals surface area (Å²) in [5.41, 5.74) is -0.378. The smallest absolute Gasteiger partial charge is 0.279 e. The van der Waals surface area contributed by atoms with Gasteiger partial charge in [0.05, 0.1) is 4.47 Å². The first-order chi connectivity index (χ1) is 6.07. The fourth-order valence-corrected chi connectivity index (χ4v) is 1.77. The molecule has 0 bridgehead atoms. The van der Waals surface area contributed by atoms with Gasteiger partial charge in [-0.25, -0.2) is 8.78 Å². The molecule has 0 unspecified atom stereocenters. The van der Waals surface area contributed by atoms with E-state index in [9.17, 15) is 13.6 Å². The highest BCUT2D eigenvalue weighted by Crippen LogP contribution is 2.22. The number of hydrogen-bond donors (Lipinski definition) is 1. The van der Waals surface area contributed by atoms with Crippen molar-refractivity contribution in [1.29, 1.82) is 0 Å². The Morgan fingerprint density at radius 2 is 2.15 bits per heavy atom. The number of rotatable bonds is 2. The molecule has 6 heteroatoms. The number of aromatic nitrogens is 1. The maximum absolute atomic E-state index is 12.2. The monoisotopic (exact) mass is 315 g/mol. The Kier molecular flexibility index (Phi) is 3.61. The lowest BCUT2D eigenvalue weighted by Gasteiger charge is -2.03. The number of aromatic amines is 1. The average Bonchev–Trinajstić information content (AvgIpc) is 2.09. The highest BCUT2D eigenvalue weighted by Gasteiger charge is 2.15. The average molecular weight is 317 g/mol. The van der Waals surface area contributed by atoms with E-state index in [0.717, 1.165) is 0 Å². The summed E-state index contributed by atoms with van der Waals surface area (Å²) in [5, 5.41) is 0.338. The molecule has 2 nitrogen and oxygen atoms in total. The van der Waals surface area contributed by atoms with Crippen molar-refractivity contribution in [2.24, 2.45) is 0 Å².